The third kappa shape index (κ3) is 3.59. The number of hydrogen-bond acceptors (Lipinski definition) is 5. The Morgan fingerprint density at radius 1 is 1.14 bits per heavy atom. The minimum Gasteiger partial charge on any atom is -0.355 e. The Morgan fingerprint density at radius 2 is 1.81 bits per heavy atom. The highest BCUT2D eigenvalue weighted by atomic mass is 32.2. The Balaban J connectivity index is 2.42. The molecule has 21 heavy (non-hydrogen) atoms. The normalized spacial score (nSPS) is 18.0. The Hall–Kier alpha value is -1.49. The van der Waals surface area contributed by atoms with Crippen LogP contribution in [0.1, 0.15) is 6.42 Å². The van der Waals surface area contributed by atoms with Crippen molar-refractivity contribution in [1.29, 1.82) is 0 Å². The molecule has 0 aliphatic carbocycles. The zero-order valence-corrected chi connectivity index (χ0v) is 12.7. The minimum atomic E-state index is -4.00. The van der Waals surface area contributed by atoms with Crippen LogP contribution in [0.4, 0.5) is 0 Å². The predicted octanol–water partition coefficient (Wildman–Crippen LogP) is -1.16. The van der Waals surface area contributed by atoms with Crippen LogP contribution < -0.4 is 10.5 Å². The lowest BCUT2D eigenvalue weighted by Gasteiger charge is -2.19. The molecule has 0 bridgehead atoms. The average Bonchev–Trinajstić information content (AvgIpc) is 2.63. The monoisotopic (exact) mass is 333 g/mol. The van der Waals surface area contributed by atoms with E-state index in [0.29, 0.717) is 13.0 Å². The van der Waals surface area contributed by atoms with E-state index >= 15 is 0 Å². The number of rotatable bonds is 3. The largest absolute Gasteiger partial charge is 0.355 e. The van der Waals surface area contributed by atoms with E-state index in [4.69, 9.17) is 5.14 Å². The van der Waals surface area contributed by atoms with Crippen molar-refractivity contribution in [2.24, 2.45) is 5.14 Å². The second-order valence-electron chi connectivity index (χ2n) is 4.56. The number of carbonyl (C=O) groups is 1. The topological polar surface area (TPSA) is 127 Å². The quantitative estimate of drug-likeness (QED) is 0.722. The number of benzene rings is 1. The summed E-state index contributed by atoms with van der Waals surface area (Å²) in [4.78, 5) is 11.0. The van der Waals surface area contributed by atoms with Crippen LogP contribution in [0.5, 0.6) is 0 Å². The van der Waals surface area contributed by atoms with Gasteiger partial charge in [-0.25, -0.2) is 22.0 Å². The maximum Gasteiger partial charge on any atom is 0.243 e. The van der Waals surface area contributed by atoms with Crippen molar-refractivity contribution in [3.63, 3.8) is 0 Å². The number of nitrogens with zero attached hydrogens (tertiary/aromatic N) is 1. The highest BCUT2D eigenvalue weighted by Crippen LogP contribution is 2.19. The van der Waals surface area contributed by atoms with Crippen LogP contribution in [0.2, 0.25) is 0 Å². The van der Waals surface area contributed by atoms with Crippen LogP contribution >= 0.6 is 0 Å². The molecule has 1 heterocycles. The summed E-state index contributed by atoms with van der Waals surface area (Å²) < 4.78 is 48.6. The molecule has 0 atom stereocenters. The molecule has 116 valence electrons. The summed E-state index contributed by atoms with van der Waals surface area (Å²) in [6.07, 6.45) is 0.486. The third-order valence-corrected chi connectivity index (χ3v) is 5.75. The van der Waals surface area contributed by atoms with Gasteiger partial charge in [0.25, 0.3) is 0 Å². The number of hydrogen-bond donors (Lipinski definition) is 2. The summed E-state index contributed by atoms with van der Waals surface area (Å²) in [5, 5.41) is 7.57. The van der Waals surface area contributed by atoms with Gasteiger partial charge in [-0.15, -0.1) is 0 Å². The Labute approximate surface area is 123 Å². The van der Waals surface area contributed by atoms with Crippen molar-refractivity contribution < 1.29 is 21.6 Å². The van der Waals surface area contributed by atoms with E-state index < -0.39 is 26.0 Å². The fourth-order valence-electron chi connectivity index (χ4n) is 1.94. The van der Waals surface area contributed by atoms with E-state index in [1.54, 1.807) is 0 Å². The average molecular weight is 333 g/mol. The predicted molar refractivity (Wildman–Crippen MR) is 74.2 cm³/mol. The van der Waals surface area contributed by atoms with Crippen LogP contribution in [0.15, 0.2) is 34.1 Å². The molecule has 1 saturated heterocycles. The zero-order chi connectivity index (χ0) is 15.7. The first-order chi connectivity index (χ1) is 9.71. The Morgan fingerprint density at radius 3 is 2.48 bits per heavy atom. The Kier molecular flexibility index (Phi) is 4.33. The summed E-state index contributed by atoms with van der Waals surface area (Å²) in [5.74, 6) is -0.390. The summed E-state index contributed by atoms with van der Waals surface area (Å²) >= 11 is 0. The van der Waals surface area contributed by atoms with Gasteiger partial charge in [0, 0.05) is 13.1 Å². The first kappa shape index (κ1) is 15.9. The molecule has 8 nitrogen and oxygen atoms in total. The molecule has 0 aromatic heterocycles. The molecule has 0 radical (unpaired) electrons. The molecule has 2 rings (SSSR count). The number of sulfonamides is 2. The van der Waals surface area contributed by atoms with Gasteiger partial charge in [0.15, 0.2) is 0 Å². The lowest BCUT2D eigenvalue weighted by molar-refractivity contribution is -0.120. The van der Waals surface area contributed by atoms with Crippen LogP contribution in [-0.2, 0) is 24.8 Å². The van der Waals surface area contributed by atoms with Gasteiger partial charge < -0.3 is 5.32 Å². The Bertz CT molecular complexity index is 758. The van der Waals surface area contributed by atoms with Crippen molar-refractivity contribution in [2.75, 3.05) is 19.6 Å². The van der Waals surface area contributed by atoms with E-state index in [2.05, 4.69) is 5.32 Å². The SMILES string of the molecule is NS(=O)(=O)c1cccc(S(=O)(=O)N2CCCNC(=O)C2)c1. The second-order valence-corrected chi connectivity index (χ2v) is 8.06. The lowest BCUT2D eigenvalue weighted by atomic mass is 10.4. The van der Waals surface area contributed by atoms with E-state index in [0.717, 1.165) is 10.4 Å². The van der Waals surface area contributed by atoms with Gasteiger partial charge in [-0.3, -0.25) is 4.79 Å². The summed E-state index contributed by atoms with van der Waals surface area (Å²) in [7, 11) is -7.95. The second kappa shape index (κ2) is 5.72. The number of nitrogens with two attached hydrogens (primary N) is 1. The molecule has 1 aromatic rings. The third-order valence-electron chi connectivity index (χ3n) is 3.00. The molecule has 1 aliphatic heterocycles. The molecule has 0 unspecified atom stereocenters. The molecule has 1 aromatic carbocycles. The molecular formula is C11H15N3O5S2. The van der Waals surface area contributed by atoms with Gasteiger partial charge in [0.1, 0.15) is 0 Å². The summed E-state index contributed by atoms with van der Waals surface area (Å²) in [6, 6.07) is 4.77. The van der Waals surface area contributed by atoms with Gasteiger partial charge in [-0.2, -0.15) is 4.31 Å². The molecule has 0 saturated carbocycles. The van der Waals surface area contributed by atoms with Gasteiger partial charge in [-0.1, -0.05) is 6.07 Å². The number of carbonyl (C=O) groups excluding carboxylic acids is 1. The molecule has 10 heteroatoms. The fourth-order valence-corrected chi connectivity index (χ4v) is 4.06. The highest BCUT2D eigenvalue weighted by molar-refractivity contribution is 7.90. The minimum absolute atomic E-state index is 0.181. The first-order valence-electron chi connectivity index (χ1n) is 6.11. The van der Waals surface area contributed by atoms with Crippen molar-refractivity contribution in [2.45, 2.75) is 16.2 Å². The molecule has 3 N–H and O–H groups in total. The number of amides is 1. The first-order valence-corrected chi connectivity index (χ1v) is 9.09. The van der Waals surface area contributed by atoms with Crippen LogP contribution in [0.3, 0.4) is 0 Å². The molecule has 1 amide bonds. The molecule has 1 fully saturated rings. The van der Waals surface area contributed by atoms with E-state index in [1.807, 2.05) is 0 Å². The zero-order valence-electron chi connectivity index (χ0n) is 11.0. The maximum absolute atomic E-state index is 12.5. The van der Waals surface area contributed by atoms with Crippen molar-refractivity contribution in [1.82, 2.24) is 9.62 Å². The van der Waals surface area contributed by atoms with Gasteiger partial charge in [0.2, 0.25) is 26.0 Å². The number of nitrogens with one attached hydrogen (secondary N) is 1. The lowest BCUT2D eigenvalue weighted by Crippen LogP contribution is -2.37. The fraction of sp³-hybridized carbons (Fsp3) is 0.364. The maximum atomic E-state index is 12.5. The van der Waals surface area contributed by atoms with E-state index in [1.165, 1.54) is 18.2 Å². The van der Waals surface area contributed by atoms with Crippen LogP contribution in [0.25, 0.3) is 0 Å². The smallest absolute Gasteiger partial charge is 0.243 e. The van der Waals surface area contributed by atoms with Gasteiger partial charge in [-0.05, 0) is 24.6 Å². The van der Waals surface area contributed by atoms with Crippen LogP contribution in [0, 0.1) is 0 Å². The van der Waals surface area contributed by atoms with E-state index in [-0.39, 0.29) is 22.9 Å². The molecule has 1 aliphatic rings. The van der Waals surface area contributed by atoms with Gasteiger partial charge >= 0.3 is 0 Å². The van der Waals surface area contributed by atoms with E-state index in [9.17, 15) is 21.6 Å². The van der Waals surface area contributed by atoms with Crippen molar-refractivity contribution in [3.8, 4) is 0 Å². The van der Waals surface area contributed by atoms with Gasteiger partial charge in [0.05, 0.1) is 16.3 Å². The number of primary sulfonamides is 1. The summed E-state index contributed by atoms with van der Waals surface area (Å²) in [5.41, 5.74) is 0. The van der Waals surface area contributed by atoms with Crippen molar-refractivity contribution in [3.05, 3.63) is 24.3 Å². The molecule has 0 spiro atoms. The van der Waals surface area contributed by atoms with Crippen molar-refractivity contribution >= 4 is 26.0 Å². The molecular weight excluding hydrogens is 318 g/mol. The highest BCUT2D eigenvalue weighted by Gasteiger charge is 2.28. The summed E-state index contributed by atoms with van der Waals surface area (Å²) in [6.45, 7) is 0.296. The van der Waals surface area contributed by atoms with Crippen LogP contribution in [-0.4, -0.2) is 46.7 Å². The standard InChI is InChI=1S/C11H15N3O5S2/c12-20(16,17)9-3-1-4-10(7-9)21(18,19)14-6-2-5-13-11(15)8-14/h1,3-4,7H,2,5-6,8H2,(H,13,15)(H2,12,16,17).